The lowest BCUT2D eigenvalue weighted by atomic mass is 10.0. The Morgan fingerprint density at radius 2 is 1.78 bits per heavy atom. The van der Waals surface area contributed by atoms with Crippen LogP contribution in [0.5, 0.6) is 0 Å². The molecule has 36 heavy (non-hydrogen) atoms. The zero-order chi connectivity index (χ0) is 25.5. The van der Waals surface area contributed by atoms with Crippen LogP contribution in [-0.2, 0) is 25.8 Å². The predicted molar refractivity (Wildman–Crippen MR) is 127 cm³/mol. The second kappa shape index (κ2) is 11.2. The molecule has 4 rings (SSSR count). The van der Waals surface area contributed by atoms with Gasteiger partial charge in [0.05, 0.1) is 12.1 Å². The zero-order valence-corrected chi connectivity index (χ0v) is 19.6. The smallest absolute Gasteiger partial charge is 0.416 e. The maximum atomic E-state index is 13.6. The first-order valence-electron chi connectivity index (χ1n) is 11.4. The van der Waals surface area contributed by atoms with E-state index in [9.17, 15) is 18.0 Å². The number of benzene rings is 2. The number of nitrogens with one attached hydrogen (secondary N) is 1. The van der Waals surface area contributed by atoms with Crippen LogP contribution in [0.4, 0.5) is 13.2 Å². The van der Waals surface area contributed by atoms with Crippen molar-refractivity contribution in [1.29, 1.82) is 0 Å². The Bertz CT molecular complexity index is 1280. The minimum absolute atomic E-state index is 0.0106. The monoisotopic (exact) mass is 494 g/mol. The first kappa shape index (κ1) is 25.1. The van der Waals surface area contributed by atoms with E-state index in [1.807, 2.05) is 48.2 Å². The molecule has 2 aromatic heterocycles. The fourth-order valence-corrected chi connectivity index (χ4v) is 3.86. The quantitative estimate of drug-likeness (QED) is 0.319. The van der Waals surface area contributed by atoms with Crippen LogP contribution in [0.1, 0.15) is 51.6 Å². The fourth-order valence-electron chi connectivity index (χ4n) is 3.86. The van der Waals surface area contributed by atoms with E-state index in [0.717, 1.165) is 17.2 Å². The van der Waals surface area contributed by atoms with E-state index in [-0.39, 0.29) is 42.8 Å². The van der Waals surface area contributed by atoms with Crippen molar-refractivity contribution in [3.63, 3.8) is 0 Å². The second-order valence-corrected chi connectivity index (χ2v) is 8.32. The molecular formula is C27H25F3N4O2. The topological polar surface area (TPSA) is 71.3 Å². The summed E-state index contributed by atoms with van der Waals surface area (Å²) in [4.78, 5) is 22.7. The van der Waals surface area contributed by atoms with Crippen molar-refractivity contribution < 1.29 is 22.4 Å². The first-order chi connectivity index (χ1) is 17.3. The van der Waals surface area contributed by atoms with Gasteiger partial charge in [-0.2, -0.15) is 13.2 Å². The molecule has 0 unspecified atom stereocenters. The summed E-state index contributed by atoms with van der Waals surface area (Å²) in [6.45, 7) is 2.31. The van der Waals surface area contributed by atoms with Gasteiger partial charge in [0.15, 0.2) is 5.69 Å². The molecule has 186 valence electrons. The summed E-state index contributed by atoms with van der Waals surface area (Å²) in [5.74, 6) is -0.187. The van der Waals surface area contributed by atoms with Crippen molar-refractivity contribution in [3.05, 3.63) is 119 Å². The van der Waals surface area contributed by atoms with Crippen LogP contribution < -0.4 is 5.32 Å². The van der Waals surface area contributed by atoms with Crippen molar-refractivity contribution in [1.82, 2.24) is 20.2 Å². The van der Waals surface area contributed by atoms with E-state index >= 15 is 0 Å². The lowest BCUT2D eigenvalue weighted by Gasteiger charge is -2.29. The Balaban J connectivity index is 1.53. The van der Waals surface area contributed by atoms with Gasteiger partial charge >= 0.3 is 6.18 Å². The summed E-state index contributed by atoms with van der Waals surface area (Å²) in [5.41, 5.74) is 1.33. The Morgan fingerprint density at radius 1 is 1.03 bits per heavy atom. The van der Waals surface area contributed by atoms with Gasteiger partial charge in [0.1, 0.15) is 6.26 Å². The van der Waals surface area contributed by atoms with E-state index < -0.39 is 17.6 Å². The zero-order valence-electron chi connectivity index (χ0n) is 19.6. The van der Waals surface area contributed by atoms with Crippen LogP contribution in [0, 0.1) is 0 Å². The number of hydrogen-bond acceptors (Lipinski definition) is 5. The first-order valence-corrected chi connectivity index (χ1v) is 11.4. The van der Waals surface area contributed by atoms with Crippen molar-refractivity contribution >= 4 is 5.91 Å². The van der Waals surface area contributed by atoms with Gasteiger partial charge in [0.25, 0.3) is 5.91 Å². The third-order valence-corrected chi connectivity index (χ3v) is 5.82. The highest BCUT2D eigenvalue weighted by atomic mass is 19.4. The Hall–Kier alpha value is -3.98. The number of amides is 1. The van der Waals surface area contributed by atoms with Crippen LogP contribution in [0.15, 0.2) is 89.8 Å². The molecule has 6 nitrogen and oxygen atoms in total. The molecule has 0 spiro atoms. The average Bonchev–Trinajstić information content (AvgIpc) is 3.36. The molecule has 9 heteroatoms. The number of aromatic nitrogens is 2. The number of carbonyl (C=O) groups is 1. The van der Waals surface area contributed by atoms with Crippen molar-refractivity contribution in [3.8, 4) is 0 Å². The second-order valence-electron chi connectivity index (χ2n) is 8.32. The summed E-state index contributed by atoms with van der Waals surface area (Å²) in [7, 11) is 0. The maximum Gasteiger partial charge on any atom is 0.416 e. The van der Waals surface area contributed by atoms with Crippen LogP contribution in [0.25, 0.3) is 0 Å². The molecule has 0 fully saturated rings. The highest BCUT2D eigenvalue weighted by Gasteiger charge is 2.34. The summed E-state index contributed by atoms with van der Waals surface area (Å²) < 4.78 is 46.5. The number of nitrogens with zero attached hydrogens (tertiary/aromatic N) is 3. The van der Waals surface area contributed by atoms with Crippen LogP contribution in [-0.4, -0.2) is 20.8 Å². The molecule has 0 bridgehead atoms. The maximum absolute atomic E-state index is 13.6. The predicted octanol–water partition coefficient (Wildman–Crippen LogP) is 5.78. The van der Waals surface area contributed by atoms with Crippen molar-refractivity contribution in [2.75, 3.05) is 0 Å². The molecule has 0 saturated heterocycles. The van der Waals surface area contributed by atoms with Crippen molar-refractivity contribution in [2.45, 2.75) is 38.8 Å². The van der Waals surface area contributed by atoms with Gasteiger partial charge in [-0.05, 0) is 35.7 Å². The highest BCUT2D eigenvalue weighted by Crippen LogP contribution is 2.34. The number of rotatable bonds is 9. The molecular weight excluding hydrogens is 469 g/mol. The SMILES string of the molecule is C[C@H](c1ccccc1)N(Cc1nc(C(=O)NCc2cccnc2)co1)Cc1ccccc1C(F)(F)F. The molecule has 0 aliphatic heterocycles. The summed E-state index contributed by atoms with van der Waals surface area (Å²) >= 11 is 0. The number of halogens is 3. The molecule has 1 atom stereocenters. The van der Waals surface area contributed by atoms with Gasteiger partial charge in [0.2, 0.25) is 5.89 Å². The number of carbonyl (C=O) groups excluding carboxylic acids is 1. The summed E-state index contributed by atoms with van der Waals surface area (Å²) in [6, 6.07) is 18.3. The lowest BCUT2D eigenvalue weighted by Crippen LogP contribution is -2.28. The van der Waals surface area contributed by atoms with E-state index in [1.165, 1.54) is 18.4 Å². The third kappa shape index (κ3) is 6.37. The number of hydrogen-bond donors (Lipinski definition) is 1. The van der Waals surface area contributed by atoms with Gasteiger partial charge in [-0.25, -0.2) is 4.98 Å². The standard InChI is InChI=1S/C27H25F3N4O2/c1-19(21-9-3-2-4-10-21)34(16-22-11-5-6-12-23(22)27(28,29)30)17-25-33-24(18-36-25)26(35)32-15-20-8-7-13-31-14-20/h2-14,18-19H,15-17H2,1H3,(H,32,35)/t19-/m1/s1. The minimum Gasteiger partial charge on any atom is -0.447 e. The molecule has 1 N–H and O–H groups in total. The van der Waals surface area contributed by atoms with Crippen LogP contribution in [0.2, 0.25) is 0 Å². The molecule has 0 saturated carbocycles. The minimum atomic E-state index is -4.47. The number of pyridine rings is 1. The fraction of sp³-hybridized carbons (Fsp3) is 0.222. The van der Waals surface area contributed by atoms with Gasteiger partial charge in [0, 0.05) is 31.5 Å². The normalized spacial score (nSPS) is 12.5. The summed E-state index contributed by atoms with van der Waals surface area (Å²) in [5, 5.41) is 2.75. The molecule has 0 aliphatic rings. The van der Waals surface area contributed by atoms with E-state index in [1.54, 1.807) is 24.5 Å². The Kier molecular flexibility index (Phi) is 7.80. The Morgan fingerprint density at radius 3 is 2.50 bits per heavy atom. The van der Waals surface area contributed by atoms with Gasteiger partial charge < -0.3 is 9.73 Å². The number of alkyl halides is 3. The largest absolute Gasteiger partial charge is 0.447 e. The van der Waals surface area contributed by atoms with Crippen molar-refractivity contribution in [2.24, 2.45) is 0 Å². The van der Waals surface area contributed by atoms with Crippen LogP contribution in [0.3, 0.4) is 0 Å². The van der Waals surface area contributed by atoms with Gasteiger partial charge in [-0.3, -0.25) is 14.7 Å². The third-order valence-electron chi connectivity index (χ3n) is 5.82. The molecule has 1 amide bonds. The molecule has 2 heterocycles. The van der Waals surface area contributed by atoms with Gasteiger partial charge in [-0.15, -0.1) is 0 Å². The van der Waals surface area contributed by atoms with Gasteiger partial charge in [-0.1, -0.05) is 54.6 Å². The molecule has 0 aliphatic carbocycles. The summed E-state index contributed by atoms with van der Waals surface area (Å²) in [6.07, 6.45) is 0.0737. The molecule has 4 aromatic rings. The lowest BCUT2D eigenvalue weighted by molar-refractivity contribution is -0.138. The average molecular weight is 495 g/mol. The molecule has 0 radical (unpaired) electrons. The van der Waals surface area contributed by atoms with E-state index in [0.29, 0.717) is 0 Å². The molecule has 2 aromatic carbocycles. The van der Waals surface area contributed by atoms with E-state index in [2.05, 4.69) is 15.3 Å². The van der Waals surface area contributed by atoms with E-state index in [4.69, 9.17) is 4.42 Å². The number of oxazole rings is 1. The Labute approximate surface area is 206 Å². The highest BCUT2D eigenvalue weighted by molar-refractivity contribution is 5.91. The van der Waals surface area contributed by atoms with Crippen LogP contribution >= 0.6 is 0 Å².